The van der Waals surface area contributed by atoms with Gasteiger partial charge in [0.05, 0.1) is 0 Å². The number of nitrogens with zero attached hydrogens (tertiary/aromatic N) is 1. The molecule has 0 saturated carbocycles. The third-order valence-electron chi connectivity index (χ3n) is 3.19. The molecular formula is C17H22N2OS. The summed E-state index contributed by atoms with van der Waals surface area (Å²) in [5.41, 5.74) is 2.43. The Hall–Kier alpha value is -1.65. The molecule has 3 nitrogen and oxygen atoms in total. The summed E-state index contributed by atoms with van der Waals surface area (Å²) >= 11 is 1.70. The normalized spacial score (nSPS) is 10.8. The summed E-state index contributed by atoms with van der Waals surface area (Å²) in [6.07, 6.45) is 1.38. The van der Waals surface area contributed by atoms with Crippen LogP contribution < -0.4 is 5.32 Å². The monoisotopic (exact) mass is 302 g/mol. The second-order valence-corrected chi connectivity index (χ2v) is 6.44. The average molecular weight is 302 g/mol. The van der Waals surface area contributed by atoms with Gasteiger partial charge in [0.25, 0.3) is 0 Å². The van der Waals surface area contributed by atoms with E-state index in [1.165, 1.54) is 10.4 Å². The van der Waals surface area contributed by atoms with Gasteiger partial charge in [-0.1, -0.05) is 30.3 Å². The lowest BCUT2D eigenvalue weighted by atomic mass is 10.1. The maximum absolute atomic E-state index is 11.8. The van der Waals surface area contributed by atoms with Gasteiger partial charge >= 0.3 is 0 Å². The van der Waals surface area contributed by atoms with Crippen LogP contribution >= 0.6 is 11.3 Å². The number of aryl methyl sites for hydroxylation is 1. The first kappa shape index (κ1) is 15.7. The molecule has 1 amide bonds. The van der Waals surface area contributed by atoms with Crippen molar-refractivity contribution in [3.8, 4) is 0 Å². The summed E-state index contributed by atoms with van der Waals surface area (Å²) < 4.78 is 0. The number of thiophene rings is 1. The number of benzene rings is 1. The highest BCUT2D eigenvalue weighted by molar-refractivity contribution is 7.09. The first-order valence-corrected chi connectivity index (χ1v) is 8.03. The number of carbonyl (C=O) groups excluding carboxylic acids is 1. The molecule has 2 aromatic rings. The first-order valence-electron chi connectivity index (χ1n) is 7.15. The molecule has 1 N–H and O–H groups in total. The molecule has 0 fully saturated rings. The number of carbonyl (C=O) groups is 1. The molecule has 0 bridgehead atoms. The fourth-order valence-electron chi connectivity index (χ4n) is 2.11. The van der Waals surface area contributed by atoms with E-state index >= 15 is 0 Å². The quantitative estimate of drug-likeness (QED) is 0.852. The molecule has 1 aromatic heterocycles. The molecule has 0 atom stereocenters. The first-order chi connectivity index (χ1) is 10.1. The maximum atomic E-state index is 11.8. The average Bonchev–Trinajstić information content (AvgIpc) is 2.97. The minimum atomic E-state index is 0.112. The maximum Gasteiger partial charge on any atom is 0.220 e. The van der Waals surface area contributed by atoms with Crippen LogP contribution in [0.25, 0.3) is 0 Å². The van der Waals surface area contributed by atoms with Crippen molar-refractivity contribution in [2.75, 3.05) is 14.1 Å². The lowest BCUT2D eigenvalue weighted by Gasteiger charge is -2.10. The van der Waals surface area contributed by atoms with E-state index < -0.39 is 0 Å². The summed E-state index contributed by atoms with van der Waals surface area (Å²) in [6, 6.07) is 12.5. The summed E-state index contributed by atoms with van der Waals surface area (Å²) in [7, 11) is 4.11. The van der Waals surface area contributed by atoms with Crippen LogP contribution in [0.15, 0.2) is 41.8 Å². The number of amides is 1. The fourth-order valence-corrected chi connectivity index (χ4v) is 2.82. The summed E-state index contributed by atoms with van der Waals surface area (Å²) in [5.74, 6) is 0.112. The number of hydrogen-bond acceptors (Lipinski definition) is 3. The second kappa shape index (κ2) is 7.96. The van der Waals surface area contributed by atoms with Crippen LogP contribution in [-0.2, 0) is 24.3 Å². The van der Waals surface area contributed by atoms with Gasteiger partial charge in [-0.15, -0.1) is 11.3 Å². The molecule has 0 unspecified atom stereocenters. The Morgan fingerprint density at radius 3 is 2.48 bits per heavy atom. The molecular weight excluding hydrogens is 280 g/mol. The van der Waals surface area contributed by atoms with E-state index in [0.29, 0.717) is 13.0 Å². The standard InChI is InChI=1S/C17H22N2OS/c1-19(2)13-15-7-5-14(6-8-15)12-18-17(20)10-9-16-4-3-11-21-16/h3-8,11H,9-10,12-13H2,1-2H3,(H,18,20). The Labute approximate surface area is 130 Å². The van der Waals surface area contributed by atoms with Gasteiger partial charge < -0.3 is 10.2 Å². The molecule has 0 aliphatic carbocycles. The van der Waals surface area contributed by atoms with Gasteiger partial charge in [-0.2, -0.15) is 0 Å². The van der Waals surface area contributed by atoms with Crippen LogP contribution in [0.1, 0.15) is 22.4 Å². The van der Waals surface area contributed by atoms with E-state index in [2.05, 4.69) is 54.6 Å². The Balaban J connectivity index is 1.73. The molecule has 4 heteroatoms. The van der Waals surface area contributed by atoms with Gasteiger partial charge in [0, 0.05) is 24.4 Å². The van der Waals surface area contributed by atoms with E-state index in [9.17, 15) is 4.79 Å². The zero-order valence-electron chi connectivity index (χ0n) is 12.6. The Morgan fingerprint density at radius 2 is 1.86 bits per heavy atom. The molecule has 0 aliphatic rings. The largest absolute Gasteiger partial charge is 0.352 e. The summed E-state index contributed by atoms with van der Waals surface area (Å²) in [5, 5.41) is 5.02. The van der Waals surface area contributed by atoms with Crippen LogP contribution in [0.5, 0.6) is 0 Å². The zero-order valence-corrected chi connectivity index (χ0v) is 13.5. The molecule has 0 radical (unpaired) electrons. The van der Waals surface area contributed by atoms with Crippen LogP contribution in [0.3, 0.4) is 0 Å². The van der Waals surface area contributed by atoms with Crippen LogP contribution in [-0.4, -0.2) is 24.9 Å². The number of hydrogen-bond donors (Lipinski definition) is 1. The van der Waals surface area contributed by atoms with Crippen LogP contribution in [0.2, 0.25) is 0 Å². The molecule has 0 spiro atoms. The van der Waals surface area contributed by atoms with Crippen LogP contribution in [0.4, 0.5) is 0 Å². The van der Waals surface area contributed by atoms with Crippen molar-refractivity contribution in [1.29, 1.82) is 0 Å². The molecule has 0 saturated heterocycles. The Kier molecular flexibility index (Phi) is 5.96. The highest BCUT2D eigenvalue weighted by Crippen LogP contribution is 2.11. The van der Waals surface area contributed by atoms with Crippen molar-refractivity contribution in [3.05, 3.63) is 57.8 Å². The van der Waals surface area contributed by atoms with Crippen LogP contribution in [0, 0.1) is 0 Å². The van der Waals surface area contributed by atoms with E-state index in [4.69, 9.17) is 0 Å². The molecule has 112 valence electrons. The van der Waals surface area contributed by atoms with E-state index in [0.717, 1.165) is 18.5 Å². The van der Waals surface area contributed by atoms with Crippen molar-refractivity contribution in [2.24, 2.45) is 0 Å². The topological polar surface area (TPSA) is 32.3 Å². The van der Waals surface area contributed by atoms with E-state index in [1.807, 2.05) is 11.4 Å². The Bertz CT molecular complexity index is 547. The molecule has 21 heavy (non-hydrogen) atoms. The molecule has 1 heterocycles. The lowest BCUT2D eigenvalue weighted by molar-refractivity contribution is -0.121. The zero-order chi connectivity index (χ0) is 15.1. The fraction of sp³-hybridized carbons (Fsp3) is 0.353. The predicted molar refractivity (Wildman–Crippen MR) is 88.3 cm³/mol. The Morgan fingerprint density at radius 1 is 1.14 bits per heavy atom. The molecule has 1 aromatic carbocycles. The van der Waals surface area contributed by atoms with Crippen molar-refractivity contribution >= 4 is 17.2 Å². The van der Waals surface area contributed by atoms with Gasteiger partial charge in [0.2, 0.25) is 5.91 Å². The minimum Gasteiger partial charge on any atom is -0.352 e. The minimum absolute atomic E-state index is 0.112. The molecule has 0 aliphatic heterocycles. The van der Waals surface area contributed by atoms with E-state index in [1.54, 1.807) is 11.3 Å². The van der Waals surface area contributed by atoms with E-state index in [-0.39, 0.29) is 5.91 Å². The second-order valence-electron chi connectivity index (χ2n) is 5.41. The molecule has 2 rings (SSSR count). The SMILES string of the molecule is CN(C)Cc1ccc(CNC(=O)CCc2cccs2)cc1. The van der Waals surface area contributed by atoms with Gasteiger partial charge in [-0.3, -0.25) is 4.79 Å². The number of nitrogens with one attached hydrogen (secondary N) is 1. The van der Waals surface area contributed by atoms with Crippen molar-refractivity contribution < 1.29 is 4.79 Å². The van der Waals surface area contributed by atoms with Crippen molar-refractivity contribution in [1.82, 2.24) is 10.2 Å². The van der Waals surface area contributed by atoms with Gasteiger partial charge in [0.15, 0.2) is 0 Å². The highest BCUT2D eigenvalue weighted by Gasteiger charge is 2.03. The summed E-state index contributed by atoms with van der Waals surface area (Å²) in [4.78, 5) is 15.2. The lowest BCUT2D eigenvalue weighted by Crippen LogP contribution is -2.22. The third kappa shape index (κ3) is 5.69. The third-order valence-corrected chi connectivity index (χ3v) is 4.13. The van der Waals surface area contributed by atoms with Crippen molar-refractivity contribution in [3.63, 3.8) is 0 Å². The van der Waals surface area contributed by atoms with Gasteiger partial charge in [-0.05, 0) is 43.1 Å². The smallest absolute Gasteiger partial charge is 0.220 e. The van der Waals surface area contributed by atoms with Gasteiger partial charge in [-0.25, -0.2) is 0 Å². The van der Waals surface area contributed by atoms with Crippen molar-refractivity contribution in [2.45, 2.75) is 25.9 Å². The van der Waals surface area contributed by atoms with Gasteiger partial charge in [0.1, 0.15) is 0 Å². The highest BCUT2D eigenvalue weighted by atomic mass is 32.1. The number of rotatable bonds is 7. The summed E-state index contributed by atoms with van der Waals surface area (Å²) in [6.45, 7) is 1.54. The predicted octanol–water partition coefficient (Wildman–Crippen LogP) is 3.06.